The van der Waals surface area contributed by atoms with Gasteiger partial charge in [0.2, 0.25) is 6.10 Å². The molecule has 12 atom stereocenters. The van der Waals surface area contributed by atoms with Crippen LogP contribution in [0.15, 0.2) is 71.8 Å². The summed E-state index contributed by atoms with van der Waals surface area (Å²) in [4.78, 5) is 111. The monoisotopic (exact) mass is 1020 g/mol. The second kappa shape index (κ2) is 21.7. The van der Waals surface area contributed by atoms with E-state index in [-0.39, 0.29) is 48.5 Å². The predicted molar refractivity (Wildman–Crippen MR) is 250 cm³/mol. The number of rotatable bonds is 16. The number of hydrogen-bond donors (Lipinski definition) is 4. The highest BCUT2D eigenvalue weighted by molar-refractivity contribution is 5.95. The molecule has 4 aliphatic rings. The fourth-order valence-corrected chi connectivity index (χ4v) is 10.7. The van der Waals surface area contributed by atoms with Crippen molar-refractivity contribution in [2.45, 2.75) is 147 Å². The first-order chi connectivity index (χ1) is 34.1. The molecular formula is C52H65NO20. The van der Waals surface area contributed by atoms with Crippen LogP contribution in [0.2, 0.25) is 0 Å². The van der Waals surface area contributed by atoms with E-state index < -0.39 is 143 Å². The van der Waals surface area contributed by atoms with Crippen LogP contribution in [-0.2, 0) is 71.4 Å². The van der Waals surface area contributed by atoms with Crippen molar-refractivity contribution >= 4 is 47.7 Å². The average Bonchev–Trinajstić information content (AvgIpc) is 3.31. The van der Waals surface area contributed by atoms with Crippen LogP contribution < -0.4 is 5.32 Å². The standard InChI is InChI=1S/C52H65NO20/c1-27-37-39(58)42(59)50(9)32(51(71-29(3)54)26-67-34(51)23-33(50)55)25-52(49(37,7)8,72-45(62)31-19-15-12-16-20-31)43(60)40(27)70-46(63)41(38(30-17-13-11-14-18-30)53-47(64)73-48(4,5)6)69-36(57)24-35(56)68-28(2)44(61)66-22-21-65-10/h11-20,28,32-34,38-41,43,55,58,60H,21-26H2,1-10H3,(H,53,64). The number of benzene rings is 2. The lowest BCUT2D eigenvalue weighted by Gasteiger charge is -2.66. The van der Waals surface area contributed by atoms with Crippen LogP contribution in [-0.4, -0.2) is 149 Å². The van der Waals surface area contributed by atoms with Gasteiger partial charge in [-0.2, -0.15) is 0 Å². The number of fused-ring (bicyclic) bond motifs is 5. The number of methoxy groups -OCH3 is 1. The molecule has 21 nitrogen and oxygen atoms in total. The number of carbonyl (C=O) groups is 8. The molecule has 12 unspecified atom stereocenters. The van der Waals surface area contributed by atoms with E-state index in [9.17, 15) is 44.1 Å². The third kappa shape index (κ3) is 11.0. The smallest absolute Gasteiger partial charge is 0.408 e. The van der Waals surface area contributed by atoms with Gasteiger partial charge in [0.15, 0.2) is 29.2 Å². The molecule has 3 aliphatic carbocycles. The first kappa shape index (κ1) is 56.0. The molecule has 4 N–H and O–H groups in total. The van der Waals surface area contributed by atoms with Gasteiger partial charge in [-0.15, -0.1) is 0 Å². The average molecular weight is 1020 g/mol. The van der Waals surface area contributed by atoms with Gasteiger partial charge in [0.1, 0.15) is 43.0 Å². The van der Waals surface area contributed by atoms with E-state index >= 15 is 9.59 Å². The van der Waals surface area contributed by atoms with E-state index in [1.807, 2.05) is 0 Å². The van der Waals surface area contributed by atoms with Gasteiger partial charge in [-0.05, 0) is 76.8 Å². The second-order valence-corrected chi connectivity index (χ2v) is 20.5. The van der Waals surface area contributed by atoms with E-state index in [0.717, 1.165) is 6.92 Å². The van der Waals surface area contributed by atoms with Crippen molar-refractivity contribution in [3.05, 3.63) is 82.9 Å². The molecule has 1 heterocycles. The Morgan fingerprint density at radius 1 is 0.863 bits per heavy atom. The molecule has 0 radical (unpaired) electrons. The Bertz CT molecular complexity index is 2470. The predicted octanol–water partition coefficient (Wildman–Crippen LogP) is 3.32. The molecule has 21 heteroatoms. The lowest BCUT2D eigenvalue weighted by atomic mass is 9.45. The normalized spacial score (nSPS) is 29.4. The Labute approximate surface area is 422 Å². The van der Waals surface area contributed by atoms with Crippen molar-refractivity contribution in [1.29, 1.82) is 0 Å². The van der Waals surface area contributed by atoms with E-state index in [1.54, 1.807) is 57.2 Å². The second-order valence-electron chi connectivity index (χ2n) is 20.5. The zero-order chi connectivity index (χ0) is 54.0. The van der Waals surface area contributed by atoms with Crippen LogP contribution in [0.4, 0.5) is 4.79 Å². The zero-order valence-electron chi connectivity index (χ0n) is 42.5. The largest absolute Gasteiger partial charge is 0.461 e. The molecule has 0 aromatic heterocycles. The minimum Gasteiger partial charge on any atom is -0.461 e. The molecule has 2 aromatic carbocycles. The van der Waals surface area contributed by atoms with Gasteiger partial charge in [-0.3, -0.25) is 19.2 Å². The zero-order valence-corrected chi connectivity index (χ0v) is 42.5. The Balaban J connectivity index is 1.49. The summed E-state index contributed by atoms with van der Waals surface area (Å²) >= 11 is 0. The topological polar surface area (TPSA) is 292 Å². The van der Waals surface area contributed by atoms with Crippen molar-refractivity contribution in [1.82, 2.24) is 5.32 Å². The number of hydrogen-bond acceptors (Lipinski definition) is 20. The maximum absolute atomic E-state index is 15.2. The van der Waals surface area contributed by atoms with Gasteiger partial charge >= 0.3 is 41.9 Å². The Morgan fingerprint density at radius 3 is 2.05 bits per heavy atom. The molecule has 1 aliphatic heterocycles. The fourth-order valence-electron chi connectivity index (χ4n) is 10.7. The first-order valence-corrected chi connectivity index (χ1v) is 23.8. The Hall–Kier alpha value is -6.26. The molecule has 0 spiro atoms. The molecule has 73 heavy (non-hydrogen) atoms. The third-order valence-corrected chi connectivity index (χ3v) is 14.4. The van der Waals surface area contributed by atoms with Crippen LogP contribution in [0.25, 0.3) is 0 Å². The molecular weight excluding hydrogens is 959 g/mol. The van der Waals surface area contributed by atoms with Crippen molar-refractivity contribution < 1.29 is 96.3 Å². The van der Waals surface area contributed by atoms with E-state index in [2.05, 4.69) is 5.32 Å². The summed E-state index contributed by atoms with van der Waals surface area (Å²) in [7, 11) is 1.38. The molecule has 1 amide bonds. The van der Waals surface area contributed by atoms with Gasteiger partial charge in [0, 0.05) is 31.8 Å². The number of aliphatic hydroxyl groups is 3. The number of ether oxygens (including phenoxy) is 9. The highest BCUT2D eigenvalue weighted by atomic mass is 16.6. The lowest BCUT2D eigenvalue weighted by molar-refractivity contribution is -0.330. The molecule has 1 saturated heterocycles. The van der Waals surface area contributed by atoms with Crippen molar-refractivity contribution in [3.8, 4) is 0 Å². The molecule has 6 rings (SSSR count). The first-order valence-electron chi connectivity index (χ1n) is 23.8. The maximum atomic E-state index is 15.2. The highest BCUT2D eigenvalue weighted by Crippen LogP contribution is 2.64. The van der Waals surface area contributed by atoms with Gasteiger partial charge in [0.05, 0.1) is 30.3 Å². The molecule has 2 bridgehead atoms. The Kier molecular flexibility index (Phi) is 16.6. The van der Waals surface area contributed by atoms with Crippen LogP contribution >= 0.6 is 0 Å². The van der Waals surface area contributed by atoms with Crippen LogP contribution in [0, 0.1) is 16.7 Å². The molecule has 398 valence electrons. The van der Waals surface area contributed by atoms with Gasteiger partial charge in [-0.25, -0.2) is 19.2 Å². The Morgan fingerprint density at radius 2 is 1.48 bits per heavy atom. The number of Topliss-reactive ketones (excluding diaryl/α,β-unsaturated/α-hetero) is 1. The summed E-state index contributed by atoms with van der Waals surface area (Å²) in [6, 6.07) is 13.6. The summed E-state index contributed by atoms with van der Waals surface area (Å²) < 4.78 is 50.8. The number of esters is 6. The van der Waals surface area contributed by atoms with E-state index in [0.29, 0.717) is 0 Å². The van der Waals surface area contributed by atoms with Crippen LogP contribution in [0.1, 0.15) is 104 Å². The van der Waals surface area contributed by atoms with Crippen molar-refractivity contribution in [2.75, 3.05) is 26.9 Å². The number of ketones is 1. The van der Waals surface area contributed by atoms with Crippen molar-refractivity contribution in [2.24, 2.45) is 16.7 Å². The number of aliphatic hydroxyl groups excluding tert-OH is 3. The van der Waals surface area contributed by atoms with Crippen molar-refractivity contribution in [3.63, 3.8) is 0 Å². The fraction of sp³-hybridized carbons (Fsp3) is 0.577. The molecule has 2 saturated carbocycles. The minimum atomic E-state index is -2.36. The summed E-state index contributed by atoms with van der Waals surface area (Å²) in [5, 5.41) is 40.1. The summed E-state index contributed by atoms with van der Waals surface area (Å²) in [5.41, 5.74) is -8.96. The summed E-state index contributed by atoms with van der Waals surface area (Å²) in [5.74, 6) is -9.17. The summed E-state index contributed by atoms with van der Waals surface area (Å²) in [6.45, 7) is 12.5. The minimum absolute atomic E-state index is 0.00715. The lowest BCUT2D eigenvalue weighted by Crippen LogP contribution is -2.79. The quantitative estimate of drug-likeness (QED) is 0.0616. The van der Waals surface area contributed by atoms with Gasteiger partial charge in [0.25, 0.3) is 0 Å². The number of carbonyl (C=O) groups excluding carboxylic acids is 8. The van der Waals surface area contributed by atoms with E-state index in [4.69, 9.17) is 42.6 Å². The number of nitrogens with one attached hydrogen (secondary N) is 1. The van der Waals surface area contributed by atoms with Gasteiger partial charge in [-0.1, -0.05) is 62.4 Å². The summed E-state index contributed by atoms with van der Waals surface area (Å²) in [6.07, 6.45) is -15.6. The third-order valence-electron chi connectivity index (χ3n) is 14.4. The highest BCUT2D eigenvalue weighted by Gasteiger charge is 2.76. The maximum Gasteiger partial charge on any atom is 0.408 e. The number of alkyl carbamates (subject to hydrolysis) is 1. The molecule has 2 aromatic rings. The van der Waals surface area contributed by atoms with Crippen LogP contribution in [0.5, 0.6) is 0 Å². The van der Waals surface area contributed by atoms with Gasteiger partial charge < -0.3 is 63.3 Å². The van der Waals surface area contributed by atoms with E-state index in [1.165, 1.54) is 66.0 Å². The molecule has 3 fully saturated rings. The SMILES string of the molecule is COCCOC(=O)C(C)OC(=O)CC(=O)OC(C(=O)OC1C(C)=C2C(O)C(=O)C3(C)C(O)CC4OCC4(OC(C)=O)C3CC(OC(=O)c3ccccc3)(C1O)C2(C)C)C(NC(=O)OC(C)(C)C)c1ccccc1. The van der Waals surface area contributed by atoms with Crippen LogP contribution in [0.3, 0.4) is 0 Å². The number of amides is 1.